The van der Waals surface area contributed by atoms with Crippen LogP contribution >= 0.6 is 0 Å². The average Bonchev–Trinajstić information content (AvgIpc) is 0.811. The number of hydrogen-bond donors (Lipinski definition) is 0. The van der Waals surface area contributed by atoms with Gasteiger partial charge in [-0.3, -0.25) is 0 Å². The molecule has 0 N–H and O–H groups in total. The van der Waals surface area contributed by atoms with Gasteiger partial charge in [0.25, 0.3) is 0 Å². The summed E-state index contributed by atoms with van der Waals surface area (Å²) in [5, 5.41) is 0. The van der Waals surface area contributed by atoms with Crippen LogP contribution in [0.3, 0.4) is 0 Å². The van der Waals surface area contributed by atoms with Crippen LogP contribution in [0.1, 0.15) is 22.3 Å². The van der Waals surface area contributed by atoms with Crippen LogP contribution in [0.4, 0.5) is 0 Å². The number of aromatic nitrogens is 10. The summed E-state index contributed by atoms with van der Waals surface area (Å²) in [7, 11) is 0. The molecule has 0 bridgehead atoms. The van der Waals surface area contributed by atoms with Crippen molar-refractivity contribution in [3.63, 3.8) is 0 Å². The van der Waals surface area contributed by atoms with E-state index in [1.54, 1.807) is 55.8 Å². The van der Waals surface area contributed by atoms with Gasteiger partial charge in [-0.2, -0.15) is 0 Å². The van der Waals surface area contributed by atoms with E-state index in [-0.39, 0.29) is 101 Å². The van der Waals surface area contributed by atoms with E-state index in [0.29, 0.717) is 0 Å². The number of rotatable bonds is 12. The fraction of sp³-hybridized carbons (Fsp3) is 0.0317. The van der Waals surface area contributed by atoms with E-state index in [4.69, 9.17) is 0 Å². The van der Waals surface area contributed by atoms with Gasteiger partial charge >= 0.3 is 0 Å². The molecule has 22 aromatic rings. The third-order valence-electron chi connectivity index (χ3n) is 19.9. The Hall–Kier alpha value is -14.6. The zero-order chi connectivity index (χ0) is 93.7. The molecule has 10 aromatic heterocycles. The van der Waals surface area contributed by atoms with E-state index in [1.807, 2.05) is 382 Å². The van der Waals surface area contributed by atoms with Crippen molar-refractivity contribution in [3.05, 3.63) is 594 Å². The molecule has 0 atom stereocenters. The van der Waals surface area contributed by atoms with E-state index in [2.05, 4.69) is 211 Å². The number of nitrogens with zero attached hydrogens (tertiary/aromatic N) is 10. The van der Waals surface area contributed by atoms with Crippen LogP contribution in [0.5, 0.6) is 0 Å². The molecule has 0 aliphatic carbocycles. The summed E-state index contributed by atoms with van der Waals surface area (Å²) in [5.41, 5.74) is 29.8. The zero-order valence-corrected chi connectivity index (χ0v) is 89.6. The first-order valence-corrected chi connectivity index (χ1v) is 44.3. The Labute approximate surface area is 898 Å². The number of benzene rings is 12. The van der Waals surface area contributed by atoms with Crippen molar-refractivity contribution in [1.29, 1.82) is 0 Å². The monoisotopic (exact) mass is 2710 g/mol. The summed E-state index contributed by atoms with van der Waals surface area (Å²) in [6.45, 7) is 8.27. The van der Waals surface area contributed by atoms with Crippen molar-refractivity contribution in [2.45, 2.75) is 27.7 Å². The van der Waals surface area contributed by atoms with Gasteiger partial charge in [0, 0.05) is 162 Å². The average molecular weight is 2710 g/mol. The molecule has 5 radical (unpaired) electrons. The number of aryl methyl sites for hydroxylation is 4. The second-order valence-electron chi connectivity index (χ2n) is 30.1. The van der Waals surface area contributed by atoms with Gasteiger partial charge in [-0.25, -0.2) is 0 Å². The summed E-state index contributed by atoms with van der Waals surface area (Å²) in [6, 6.07) is 179. The van der Waals surface area contributed by atoms with Crippen molar-refractivity contribution in [3.8, 4) is 135 Å². The maximum atomic E-state index is 4.35. The minimum atomic E-state index is 0. The van der Waals surface area contributed by atoms with Gasteiger partial charge in [-0.05, 0) is 136 Å². The van der Waals surface area contributed by atoms with Crippen LogP contribution in [-0.4, -0.2) is 49.8 Å². The molecule has 0 aliphatic heterocycles. The van der Waals surface area contributed by atoms with Crippen molar-refractivity contribution in [1.82, 2.24) is 49.8 Å². The molecule has 15 heteroatoms. The van der Waals surface area contributed by atoms with E-state index in [1.165, 1.54) is 44.5 Å². The third kappa shape index (κ3) is 38.9. The van der Waals surface area contributed by atoms with E-state index >= 15 is 0 Å². The van der Waals surface area contributed by atoms with Crippen LogP contribution in [0.2, 0.25) is 0 Å². The van der Waals surface area contributed by atoms with Gasteiger partial charge in [0.2, 0.25) is 0 Å². The Morgan fingerprint density at radius 2 is 0.355 bits per heavy atom. The number of hydrogen-bond acceptors (Lipinski definition) is 10. The molecule has 0 amide bonds. The first-order chi connectivity index (χ1) is 67.2. The SMILES string of the molecule is Cc1c[c-]c(-c2ccccn2)cc1.Cc1cc[c-]c(-c2cc(C)ccn2)c1.Cc1cc[c-]c(-c2ccccn2)c1.[Ir].[Ir].[Ir].[Ir].[Ir].[c-]1ccc(-c2ccccc2)cc1-c1ccccn1.[c-]1ccc(-c2ccccc2)cc1-c1ccccn1.[c-]1ccccc1-c1ccccn1.[c-]1ccccc1-c1ccccn1.[c-]1ccccc1-c1ccccn1.[c-]1ccccc1-c1ccccn1.[c-]1ccccc1-c1ccccn1. The second-order valence-corrected chi connectivity index (χ2v) is 30.1. The third-order valence-corrected chi connectivity index (χ3v) is 19.9. The predicted octanol–water partition coefficient (Wildman–Crippen LogP) is 30.0. The molecule has 12 aromatic carbocycles. The van der Waals surface area contributed by atoms with E-state index < -0.39 is 0 Å². The topological polar surface area (TPSA) is 129 Å². The van der Waals surface area contributed by atoms with Crippen molar-refractivity contribution >= 4 is 0 Å². The molecule has 705 valence electrons. The Balaban J connectivity index is 0.000000192. The molecule has 10 nitrogen and oxygen atoms in total. The first-order valence-electron chi connectivity index (χ1n) is 44.3. The molecular formula is C126H96Ir5N10-10. The van der Waals surface area contributed by atoms with Crippen molar-refractivity contribution in [2.75, 3.05) is 0 Å². The molecule has 0 saturated heterocycles. The summed E-state index contributed by atoms with van der Waals surface area (Å²) in [6.07, 6.45) is 18.0. The van der Waals surface area contributed by atoms with Crippen LogP contribution in [0.25, 0.3) is 135 Å². The minimum absolute atomic E-state index is 0. The summed E-state index contributed by atoms with van der Waals surface area (Å²) < 4.78 is 0. The van der Waals surface area contributed by atoms with Crippen LogP contribution in [0, 0.1) is 88.4 Å². The Kier molecular flexibility index (Phi) is 51.1. The van der Waals surface area contributed by atoms with Gasteiger partial charge in [0.15, 0.2) is 0 Å². The Morgan fingerprint density at radius 1 is 0.135 bits per heavy atom. The number of pyridine rings is 10. The van der Waals surface area contributed by atoms with Gasteiger partial charge in [-0.15, -0.1) is 356 Å². The van der Waals surface area contributed by atoms with E-state index in [0.717, 1.165) is 113 Å². The van der Waals surface area contributed by atoms with E-state index in [9.17, 15) is 0 Å². The smallest absolute Gasteiger partial charge is 0.0163 e. The normalized spacial score (nSPS) is 9.56. The largest absolute Gasteiger partial charge is 0.305 e. The summed E-state index contributed by atoms with van der Waals surface area (Å²) in [5.74, 6) is 0. The van der Waals surface area contributed by atoms with Crippen molar-refractivity contribution < 1.29 is 101 Å². The van der Waals surface area contributed by atoms with Crippen LogP contribution in [-0.2, 0) is 101 Å². The molecule has 10 heterocycles. The fourth-order valence-electron chi connectivity index (χ4n) is 13.1. The van der Waals surface area contributed by atoms with Crippen LogP contribution in [0.15, 0.2) is 511 Å². The Bertz CT molecular complexity index is 6150. The quantitative estimate of drug-likeness (QED) is 0.109. The first kappa shape index (κ1) is 112. The summed E-state index contributed by atoms with van der Waals surface area (Å²) >= 11 is 0. The maximum Gasteiger partial charge on any atom is 0.0163 e. The molecule has 0 fully saturated rings. The molecule has 22 rings (SSSR count). The van der Waals surface area contributed by atoms with Crippen LogP contribution < -0.4 is 0 Å². The Morgan fingerprint density at radius 3 is 0.589 bits per heavy atom. The minimum Gasteiger partial charge on any atom is -0.305 e. The maximum absolute atomic E-state index is 4.35. The fourth-order valence-corrected chi connectivity index (χ4v) is 13.1. The molecule has 0 saturated carbocycles. The standard InChI is InChI=1S/2C17H12N.C13H12N.2C12H10N.5C11H8N.5Ir/c2*1-2-7-14(8-3-1)15-9-6-10-16(13-15)17-11-4-5-12-18-17;1-10-4-3-5-12(8-10)13-9-11(2)6-7-14-13;1-10-5-4-6-11(9-10)12-7-2-3-8-13-12;1-10-5-7-11(8-6-10)12-4-2-3-9-13-12;5*1-2-6-10(7-3-1)11-8-4-5-9-12-11;;;;;/h2*1-9,11-13H;3-4,6-9H,1-2H3;2-5,7-9H,1H3;2-7,9H,1H3;5*1-6,8-9H;;;;;/q10*-1;;;;;. The molecule has 0 aliphatic rings. The van der Waals surface area contributed by atoms with Gasteiger partial charge in [-0.1, -0.05) is 202 Å². The predicted molar refractivity (Wildman–Crippen MR) is 555 cm³/mol. The van der Waals surface area contributed by atoms with Gasteiger partial charge < -0.3 is 49.8 Å². The van der Waals surface area contributed by atoms with Gasteiger partial charge in [0.05, 0.1) is 0 Å². The molecular weight excluding hydrogens is 2610 g/mol. The van der Waals surface area contributed by atoms with Gasteiger partial charge in [0.1, 0.15) is 0 Å². The second kappa shape index (κ2) is 64.5. The molecule has 141 heavy (non-hydrogen) atoms. The zero-order valence-electron chi connectivity index (χ0n) is 77.6. The molecule has 0 unspecified atom stereocenters. The van der Waals surface area contributed by atoms with Crippen molar-refractivity contribution in [2.24, 2.45) is 0 Å². The molecule has 0 spiro atoms. The summed E-state index contributed by atoms with van der Waals surface area (Å²) in [4.78, 5) is 42.6.